The van der Waals surface area contributed by atoms with E-state index < -0.39 is 0 Å². The van der Waals surface area contributed by atoms with Crippen molar-refractivity contribution < 1.29 is 4.79 Å². The van der Waals surface area contributed by atoms with Crippen molar-refractivity contribution in [2.24, 2.45) is 0 Å². The average Bonchev–Trinajstić information content (AvgIpc) is 3.04. The molecule has 0 bridgehead atoms. The Balaban J connectivity index is 1.75. The van der Waals surface area contributed by atoms with Crippen LogP contribution < -0.4 is 5.32 Å². The van der Waals surface area contributed by atoms with Crippen LogP contribution in [-0.4, -0.2) is 37.4 Å². The molecule has 1 amide bonds. The van der Waals surface area contributed by atoms with Gasteiger partial charge in [-0.2, -0.15) is 15.4 Å². The van der Waals surface area contributed by atoms with Gasteiger partial charge in [-0.05, 0) is 6.42 Å². The Morgan fingerprint density at radius 1 is 1.53 bits per heavy atom. The van der Waals surface area contributed by atoms with Crippen LogP contribution in [0.4, 0.5) is 0 Å². The summed E-state index contributed by atoms with van der Waals surface area (Å²) in [5.41, 5.74) is 0.311. The molecule has 0 spiro atoms. The second-order valence-corrected chi connectivity index (χ2v) is 4.60. The maximum absolute atomic E-state index is 11.6. The van der Waals surface area contributed by atoms with Crippen LogP contribution in [0.5, 0.6) is 0 Å². The fourth-order valence-electron chi connectivity index (χ4n) is 1.86. The first-order chi connectivity index (χ1) is 9.18. The summed E-state index contributed by atoms with van der Waals surface area (Å²) in [5, 5.41) is 12.5. The van der Waals surface area contributed by atoms with Gasteiger partial charge < -0.3 is 9.88 Å². The highest BCUT2D eigenvalue weighted by Crippen LogP contribution is 2.11. The minimum atomic E-state index is -0.205. The van der Waals surface area contributed by atoms with Crippen LogP contribution in [0.25, 0.3) is 0 Å². The van der Waals surface area contributed by atoms with E-state index in [1.807, 2.05) is 12.4 Å². The van der Waals surface area contributed by atoms with E-state index in [1.165, 1.54) is 6.20 Å². The van der Waals surface area contributed by atoms with E-state index in [0.717, 1.165) is 18.8 Å². The van der Waals surface area contributed by atoms with Gasteiger partial charge in [0, 0.05) is 31.4 Å². The molecule has 0 aliphatic carbocycles. The van der Waals surface area contributed by atoms with Crippen molar-refractivity contribution in [1.82, 2.24) is 30.3 Å². The van der Waals surface area contributed by atoms with Crippen molar-refractivity contribution in [1.29, 1.82) is 0 Å². The first-order valence-corrected chi connectivity index (χ1v) is 6.33. The van der Waals surface area contributed by atoms with Crippen LogP contribution in [0.15, 0.2) is 18.6 Å². The highest BCUT2D eigenvalue weighted by molar-refractivity contribution is 5.91. The Morgan fingerprint density at radius 2 is 2.37 bits per heavy atom. The predicted molar refractivity (Wildman–Crippen MR) is 69.6 cm³/mol. The van der Waals surface area contributed by atoms with Gasteiger partial charge >= 0.3 is 0 Å². The number of carbonyl (C=O) groups excluding carboxylic acids is 1. The van der Waals surface area contributed by atoms with Crippen LogP contribution in [-0.2, 0) is 6.54 Å². The number of rotatable bonds is 6. The Hall–Kier alpha value is -2.18. The van der Waals surface area contributed by atoms with E-state index >= 15 is 0 Å². The molecule has 0 radical (unpaired) electrons. The third-order valence-electron chi connectivity index (χ3n) is 2.77. The lowest BCUT2D eigenvalue weighted by molar-refractivity contribution is 0.0947. The van der Waals surface area contributed by atoms with Crippen molar-refractivity contribution in [3.8, 4) is 0 Å². The van der Waals surface area contributed by atoms with Gasteiger partial charge in [-0.25, -0.2) is 4.98 Å². The van der Waals surface area contributed by atoms with E-state index in [0.29, 0.717) is 18.2 Å². The maximum atomic E-state index is 11.6. The van der Waals surface area contributed by atoms with Crippen LogP contribution in [0.2, 0.25) is 0 Å². The molecule has 19 heavy (non-hydrogen) atoms. The number of aryl methyl sites for hydroxylation is 1. The summed E-state index contributed by atoms with van der Waals surface area (Å²) in [6, 6.07) is 0. The normalized spacial score (nSPS) is 10.9. The lowest BCUT2D eigenvalue weighted by Crippen LogP contribution is -2.25. The Labute approximate surface area is 111 Å². The molecule has 0 unspecified atom stereocenters. The fraction of sp³-hybridized carbons (Fsp3) is 0.500. The van der Waals surface area contributed by atoms with Gasteiger partial charge in [0.25, 0.3) is 5.91 Å². The summed E-state index contributed by atoms with van der Waals surface area (Å²) in [5.74, 6) is 1.27. The summed E-state index contributed by atoms with van der Waals surface area (Å²) in [6.45, 7) is 5.67. The highest BCUT2D eigenvalue weighted by Gasteiger charge is 2.08. The number of amides is 1. The molecule has 2 aromatic rings. The quantitative estimate of drug-likeness (QED) is 0.758. The second kappa shape index (κ2) is 6.12. The molecular weight excluding hydrogens is 244 g/mol. The summed E-state index contributed by atoms with van der Waals surface area (Å²) < 4.78 is 2.12. The molecule has 7 heteroatoms. The predicted octanol–water partition coefficient (Wildman–Crippen LogP) is 0.945. The standard InChI is InChI=1S/C12H18N6O/c1-9(2)11-13-5-7-18(11)6-3-4-14-12(19)10-8-15-17-16-10/h5,7-9H,3-4,6H2,1-2H3,(H,14,19)(H,15,16,17). The zero-order valence-corrected chi connectivity index (χ0v) is 11.1. The second-order valence-electron chi connectivity index (χ2n) is 4.60. The van der Waals surface area contributed by atoms with Gasteiger partial charge in [0.2, 0.25) is 0 Å². The van der Waals surface area contributed by atoms with Crippen molar-refractivity contribution >= 4 is 5.91 Å². The van der Waals surface area contributed by atoms with Crippen LogP contribution >= 0.6 is 0 Å². The number of aromatic amines is 1. The highest BCUT2D eigenvalue weighted by atomic mass is 16.1. The molecule has 7 nitrogen and oxygen atoms in total. The number of nitrogens with one attached hydrogen (secondary N) is 2. The lowest BCUT2D eigenvalue weighted by atomic mass is 10.2. The molecule has 2 N–H and O–H groups in total. The largest absolute Gasteiger partial charge is 0.351 e. The van der Waals surface area contributed by atoms with Gasteiger partial charge in [-0.3, -0.25) is 4.79 Å². The molecule has 0 aromatic carbocycles. The summed E-state index contributed by atoms with van der Waals surface area (Å²) in [7, 11) is 0. The molecule has 0 aliphatic heterocycles. The fourth-order valence-corrected chi connectivity index (χ4v) is 1.86. The van der Waals surface area contributed by atoms with Crippen LogP contribution in [0, 0.1) is 0 Å². The Bertz CT molecular complexity index is 516. The Morgan fingerprint density at radius 3 is 3.05 bits per heavy atom. The van der Waals surface area contributed by atoms with Crippen molar-refractivity contribution in [3.63, 3.8) is 0 Å². The smallest absolute Gasteiger partial charge is 0.273 e. The molecular formula is C12H18N6O. The topological polar surface area (TPSA) is 88.5 Å². The van der Waals surface area contributed by atoms with E-state index in [-0.39, 0.29) is 5.91 Å². The molecule has 2 aromatic heterocycles. The average molecular weight is 262 g/mol. The number of hydrogen-bond donors (Lipinski definition) is 2. The minimum absolute atomic E-state index is 0.205. The first kappa shape index (κ1) is 13.3. The van der Waals surface area contributed by atoms with Crippen molar-refractivity contribution in [2.75, 3.05) is 6.54 Å². The van der Waals surface area contributed by atoms with Crippen molar-refractivity contribution in [3.05, 3.63) is 30.1 Å². The van der Waals surface area contributed by atoms with E-state index in [2.05, 4.69) is 44.1 Å². The SMILES string of the molecule is CC(C)c1nccn1CCCNC(=O)c1cn[nH]n1. The summed E-state index contributed by atoms with van der Waals surface area (Å²) >= 11 is 0. The number of imidazole rings is 1. The lowest BCUT2D eigenvalue weighted by Gasteiger charge is -2.10. The van der Waals surface area contributed by atoms with Gasteiger partial charge in [-0.15, -0.1) is 0 Å². The summed E-state index contributed by atoms with van der Waals surface area (Å²) in [4.78, 5) is 15.9. The van der Waals surface area contributed by atoms with Crippen molar-refractivity contribution in [2.45, 2.75) is 32.7 Å². The zero-order chi connectivity index (χ0) is 13.7. The van der Waals surface area contributed by atoms with E-state index in [4.69, 9.17) is 0 Å². The molecule has 0 saturated heterocycles. The first-order valence-electron chi connectivity index (χ1n) is 6.33. The van der Waals surface area contributed by atoms with Gasteiger partial charge in [-0.1, -0.05) is 13.8 Å². The van der Waals surface area contributed by atoms with E-state index in [9.17, 15) is 4.79 Å². The molecule has 2 heterocycles. The minimum Gasteiger partial charge on any atom is -0.351 e. The Kier molecular flexibility index (Phi) is 4.27. The monoisotopic (exact) mass is 262 g/mol. The third kappa shape index (κ3) is 3.40. The number of hydrogen-bond acceptors (Lipinski definition) is 4. The molecule has 2 rings (SSSR count). The van der Waals surface area contributed by atoms with Gasteiger partial charge in [0.1, 0.15) is 5.82 Å². The number of carbonyl (C=O) groups is 1. The van der Waals surface area contributed by atoms with Gasteiger partial charge in [0.15, 0.2) is 5.69 Å². The maximum Gasteiger partial charge on any atom is 0.273 e. The zero-order valence-electron chi connectivity index (χ0n) is 11.1. The number of nitrogens with zero attached hydrogens (tertiary/aromatic N) is 4. The molecule has 0 saturated carbocycles. The molecule has 0 aliphatic rings. The van der Waals surface area contributed by atoms with Crippen LogP contribution in [0.3, 0.4) is 0 Å². The third-order valence-corrected chi connectivity index (χ3v) is 2.77. The number of aromatic nitrogens is 5. The van der Waals surface area contributed by atoms with Gasteiger partial charge in [0.05, 0.1) is 6.20 Å². The molecule has 102 valence electrons. The molecule has 0 atom stereocenters. The van der Waals surface area contributed by atoms with E-state index in [1.54, 1.807) is 0 Å². The summed E-state index contributed by atoms with van der Waals surface area (Å²) in [6.07, 6.45) is 6.03. The van der Waals surface area contributed by atoms with Crippen LogP contribution in [0.1, 0.15) is 42.5 Å². The molecule has 0 fully saturated rings. The number of H-pyrrole nitrogens is 1.